The number of likely N-dealkylation sites (N-methyl/N-ethyl adjacent to an activating group) is 2. The van der Waals surface area contributed by atoms with Crippen LogP contribution < -0.4 is 0 Å². The van der Waals surface area contributed by atoms with Crippen molar-refractivity contribution in [2.24, 2.45) is 0 Å². The Labute approximate surface area is 95.4 Å². The van der Waals surface area contributed by atoms with E-state index in [2.05, 4.69) is 11.9 Å². The number of rotatable bonds is 1. The van der Waals surface area contributed by atoms with Crippen LogP contribution in [0, 0.1) is 0 Å². The number of hydrogen-bond acceptors (Lipinski definition) is 2. The molecule has 1 aliphatic rings. The fourth-order valence-electron chi connectivity index (χ4n) is 1.48. The summed E-state index contributed by atoms with van der Waals surface area (Å²) in [5, 5.41) is 0. The van der Waals surface area contributed by atoms with E-state index in [4.69, 9.17) is 0 Å². The summed E-state index contributed by atoms with van der Waals surface area (Å²) in [4.78, 5) is 15.0. The SMILES string of the molecule is CC.CC.CC(=O)N(C)C1CCN(C)C1. The summed E-state index contributed by atoms with van der Waals surface area (Å²) in [6, 6.07) is 0.442. The van der Waals surface area contributed by atoms with Gasteiger partial charge in [-0.2, -0.15) is 0 Å². The van der Waals surface area contributed by atoms with Gasteiger partial charge in [0.1, 0.15) is 0 Å². The second-order valence-corrected chi connectivity index (χ2v) is 3.33. The third-order valence-electron chi connectivity index (χ3n) is 2.41. The van der Waals surface area contributed by atoms with Crippen LogP contribution in [0.5, 0.6) is 0 Å². The molecular formula is C12H28N2O. The van der Waals surface area contributed by atoms with Crippen molar-refractivity contribution in [2.75, 3.05) is 27.2 Å². The summed E-state index contributed by atoms with van der Waals surface area (Å²) in [5.41, 5.74) is 0. The molecule has 3 heteroatoms. The molecule has 1 saturated heterocycles. The molecule has 0 saturated carbocycles. The maximum absolute atomic E-state index is 10.9. The number of carbonyl (C=O) groups is 1. The van der Waals surface area contributed by atoms with E-state index in [1.807, 2.05) is 39.6 Å². The predicted molar refractivity (Wildman–Crippen MR) is 67.0 cm³/mol. The molecule has 92 valence electrons. The molecule has 1 unspecified atom stereocenters. The lowest BCUT2D eigenvalue weighted by Crippen LogP contribution is -2.36. The Hall–Kier alpha value is -0.570. The van der Waals surface area contributed by atoms with Gasteiger partial charge in [0.15, 0.2) is 0 Å². The largest absolute Gasteiger partial charge is 0.342 e. The third-order valence-corrected chi connectivity index (χ3v) is 2.41. The predicted octanol–water partition coefficient (Wildman–Crippen LogP) is 2.22. The fourth-order valence-corrected chi connectivity index (χ4v) is 1.48. The van der Waals surface area contributed by atoms with E-state index in [1.165, 1.54) is 0 Å². The van der Waals surface area contributed by atoms with Gasteiger partial charge < -0.3 is 9.80 Å². The van der Waals surface area contributed by atoms with Crippen LogP contribution in [-0.4, -0.2) is 48.9 Å². The summed E-state index contributed by atoms with van der Waals surface area (Å²) < 4.78 is 0. The fraction of sp³-hybridized carbons (Fsp3) is 0.917. The smallest absolute Gasteiger partial charge is 0.219 e. The maximum Gasteiger partial charge on any atom is 0.219 e. The van der Waals surface area contributed by atoms with Crippen molar-refractivity contribution in [2.45, 2.75) is 47.1 Å². The molecule has 1 aliphatic heterocycles. The topological polar surface area (TPSA) is 23.6 Å². The quantitative estimate of drug-likeness (QED) is 0.671. The average Bonchev–Trinajstić information content (AvgIpc) is 2.69. The van der Waals surface area contributed by atoms with Crippen molar-refractivity contribution in [1.82, 2.24) is 9.80 Å². The highest BCUT2D eigenvalue weighted by Crippen LogP contribution is 2.11. The Kier molecular flexibility index (Phi) is 11.2. The Morgan fingerprint density at radius 1 is 1.27 bits per heavy atom. The molecule has 3 nitrogen and oxygen atoms in total. The van der Waals surface area contributed by atoms with Gasteiger partial charge in [-0.05, 0) is 20.0 Å². The standard InChI is InChI=1S/C8H16N2O.2C2H6/c1-7(11)10(3)8-4-5-9(2)6-8;2*1-2/h8H,4-6H2,1-3H3;2*1-2H3. The van der Waals surface area contributed by atoms with E-state index in [0.29, 0.717) is 6.04 Å². The lowest BCUT2D eigenvalue weighted by molar-refractivity contribution is -0.129. The second kappa shape index (κ2) is 9.97. The van der Waals surface area contributed by atoms with Crippen LogP contribution in [0.1, 0.15) is 41.0 Å². The van der Waals surface area contributed by atoms with E-state index < -0.39 is 0 Å². The first-order valence-corrected chi connectivity index (χ1v) is 6.03. The molecule has 0 aliphatic carbocycles. The van der Waals surface area contributed by atoms with Crippen LogP contribution in [-0.2, 0) is 4.79 Å². The summed E-state index contributed by atoms with van der Waals surface area (Å²) in [7, 11) is 3.97. The van der Waals surface area contributed by atoms with Gasteiger partial charge in [0, 0.05) is 26.6 Å². The lowest BCUT2D eigenvalue weighted by atomic mass is 10.2. The number of hydrogen-bond donors (Lipinski definition) is 0. The van der Waals surface area contributed by atoms with Gasteiger partial charge in [0.05, 0.1) is 0 Å². The normalized spacial score (nSPS) is 19.5. The van der Waals surface area contributed by atoms with Crippen molar-refractivity contribution in [1.29, 1.82) is 0 Å². The zero-order chi connectivity index (χ0) is 12.4. The summed E-state index contributed by atoms with van der Waals surface area (Å²) in [6.45, 7) is 11.8. The minimum absolute atomic E-state index is 0.172. The molecule has 1 amide bonds. The van der Waals surface area contributed by atoms with Crippen molar-refractivity contribution in [3.8, 4) is 0 Å². The zero-order valence-corrected chi connectivity index (χ0v) is 11.5. The number of likely N-dealkylation sites (tertiary alicyclic amines) is 1. The van der Waals surface area contributed by atoms with Crippen LogP contribution in [0.25, 0.3) is 0 Å². The molecule has 15 heavy (non-hydrogen) atoms. The van der Waals surface area contributed by atoms with E-state index >= 15 is 0 Å². The number of nitrogens with zero attached hydrogens (tertiary/aromatic N) is 2. The molecule has 1 heterocycles. The van der Waals surface area contributed by atoms with Crippen LogP contribution >= 0.6 is 0 Å². The molecule has 0 N–H and O–H groups in total. The Morgan fingerprint density at radius 3 is 2.00 bits per heavy atom. The van der Waals surface area contributed by atoms with Gasteiger partial charge in [0.2, 0.25) is 5.91 Å². The van der Waals surface area contributed by atoms with Crippen LogP contribution in [0.4, 0.5) is 0 Å². The molecule has 0 aromatic heterocycles. The van der Waals surface area contributed by atoms with E-state index in [-0.39, 0.29) is 5.91 Å². The summed E-state index contributed by atoms with van der Waals surface area (Å²) in [5.74, 6) is 0.172. The van der Waals surface area contributed by atoms with Crippen molar-refractivity contribution in [3.63, 3.8) is 0 Å². The molecule has 1 atom stereocenters. The van der Waals surface area contributed by atoms with Crippen molar-refractivity contribution in [3.05, 3.63) is 0 Å². The van der Waals surface area contributed by atoms with Crippen molar-refractivity contribution >= 4 is 5.91 Å². The molecule has 0 bridgehead atoms. The first-order valence-electron chi connectivity index (χ1n) is 6.03. The highest BCUT2D eigenvalue weighted by atomic mass is 16.2. The van der Waals surface area contributed by atoms with E-state index in [9.17, 15) is 4.79 Å². The number of amides is 1. The highest BCUT2D eigenvalue weighted by Gasteiger charge is 2.24. The molecule has 0 radical (unpaired) electrons. The summed E-state index contributed by atoms with van der Waals surface area (Å²) in [6.07, 6.45) is 1.12. The molecule has 0 spiro atoms. The zero-order valence-electron chi connectivity index (χ0n) is 11.5. The van der Waals surface area contributed by atoms with Gasteiger partial charge >= 0.3 is 0 Å². The third kappa shape index (κ3) is 6.50. The minimum Gasteiger partial charge on any atom is -0.342 e. The van der Waals surface area contributed by atoms with Crippen molar-refractivity contribution < 1.29 is 4.79 Å². The monoisotopic (exact) mass is 216 g/mol. The van der Waals surface area contributed by atoms with E-state index in [0.717, 1.165) is 19.5 Å². The lowest BCUT2D eigenvalue weighted by Gasteiger charge is -2.22. The van der Waals surface area contributed by atoms with Gasteiger partial charge in [-0.15, -0.1) is 0 Å². The van der Waals surface area contributed by atoms with Crippen LogP contribution in [0.2, 0.25) is 0 Å². The van der Waals surface area contributed by atoms with E-state index in [1.54, 1.807) is 6.92 Å². The van der Waals surface area contributed by atoms with Gasteiger partial charge in [-0.1, -0.05) is 27.7 Å². The second-order valence-electron chi connectivity index (χ2n) is 3.33. The molecule has 0 aromatic rings. The van der Waals surface area contributed by atoms with Gasteiger partial charge in [0.25, 0.3) is 0 Å². The average molecular weight is 216 g/mol. The maximum atomic E-state index is 10.9. The first-order chi connectivity index (χ1) is 7.11. The van der Waals surface area contributed by atoms with Gasteiger partial charge in [-0.3, -0.25) is 4.79 Å². The Balaban J connectivity index is 0. The summed E-state index contributed by atoms with van der Waals surface area (Å²) >= 11 is 0. The Bertz CT molecular complexity index is 160. The highest BCUT2D eigenvalue weighted by molar-refractivity contribution is 5.73. The van der Waals surface area contributed by atoms with Gasteiger partial charge in [-0.25, -0.2) is 0 Å². The molecule has 1 fully saturated rings. The molecule has 1 rings (SSSR count). The number of carbonyl (C=O) groups excluding carboxylic acids is 1. The minimum atomic E-state index is 0.172. The van der Waals surface area contributed by atoms with Crippen LogP contribution in [0.3, 0.4) is 0 Å². The molecule has 0 aromatic carbocycles. The van der Waals surface area contributed by atoms with Crippen LogP contribution in [0.15, 0.2) is 0 Å². The molecular weight excluding hydrogens is 188 g/mol. The Morgan fingerprint density at radius 2 is 1.73 bits per heavy atom. The first kappa shape index (κ1) is 16.8.